The zero-order valence-electron chi connectivity index (χ0n) is 21.4. The number of nitrogens with one attached hydrogen (secondary N) is 1. The van der Waals surface area contributed by atoms with Gasteiger partial charge < -0.3 is 19.7 Å². The van der Waals surface area contributed by atoms with Crippen molar-refractivity contribution in [2.45, 2.75) is 46.2 Å². The number of nitrogens with zero attached hydrogens (tertiary/aromatic N) is 2. The van der Waals surface area contributed by atoms with Gasteiger partial charge in [0, 0.05) is 19.2 Å². The van der Waals surface area contributed by atoms with Gasteiger partial charge in [0.15, 0.2) is 11.5 Å². The number of fused-ring (bicyclic) bond motifs is 1. The summed E-state index contributed by atoms with van der Waals surface area (Å²) in [6.07, 6.45) is 1.04. The molecule has 2 amide bonds. The van der Waals surface area contributed by atoms with Gasteiger partial charge in [0.2, 0.25) is 21.8 Å². The van der Waals surface area contributed by atoms with Gasteiger partial charge in [-0.3, -0.25) is 13.9 Å². The molecule has 2 aromatic carbocycles. The van der Waals surface area contributed by atoms with E-state index in [0.717, 1.165) is 10.7 Å². The first-order valence-corrected chi connectivity index (χ1v) is 14.0. The Hall–Kier alpha value is -3.34. The van der Waals surface area contributed by atoms with Crippen molar-refractivity contribution in [1.82, 2.24) is 10.2 Å². The van der Waals surface area contributed by atoms with E-state index < -0.39 is 34.3 Å². The molecular weight excluding hydrogens is 501 g/mol. The van der Waals surface area contributed by atoms with Gasteiger partial charge in [-0.1, -0.05) is 26.0 Å². The van der Waals surface area contributed by atoms with Crippen molar-refractivity contribution in [2.75, 3.05) is 36.4 Å². The third-order valence-electron chi connectivity index (χ3n) is 5.99. The minimum Gasteiger partial charge on any atom is -0.486 e. The molecule has 0 unspecified atom stereocenters. The number of benzene rings is 2. The highest BCUT2D eigenvalue weighted by molar-refractivity contribution is 7.92. The van der Waals surface area contributed by atoms with E-state index in [2.05, 4.69) is 5.32 Å². The summed E-state index contributed by atoms with van der Waals surface area (Å²) >= 11 is 0. The fourth-order valence-corrected chi connectivity index (χ4v) is 5.03. The van der Waals surface area contributed by atoms with Crippen LogP contribution < -0.4 is 19.1 Å². The Kier molecular flexibility index (Phi) is 9.73. The maximum Gasteiger partial charge on any atom is 0.244 e. The number of halogens is 1. The third kappa shape index (κ3) is 7.12. The van der Waals surface area contributed by atoms with Gasteiger partial charge in [0.1, 0.15) is 31.6 Å². The SMILES string of the molecule is CCCNC(=O)[C@@H](CC)N(Cc1ccc(F)cc1)C(=O)CN(c1ccc2c(c1)OCCO2)S(=O)(=O)CC. The minimum atomic E-state index is -3.87. The van der Waals surface area contributed by atoms with Crippen LogP contribution in [0.1, 0.15) is 39.2 Å². The summed E-state index contributed by atoms with van der Waals surface area (Å²) in [6, 6.07) is 9.49. The van der Waals surface area contributed by atoms with Crippen LogP contribution in [0.2, 0.25) is 0 Å². The minimum absolute atomic E-state index is 0.0122. The molecule has 0 fully saturated rings. The number of hydrogen-bond acceptors (Lipinski definition) is 6. The molecule has 0 bridgehead atoms. The van der Waals surface area contributed by atoms with Crippen molar-refractivity contribution in [3.05, 3.63) is 53.8 Å². The number of rotatable bonds is 12. The summed E-state index contributed by atoms with van der Waals surface area (Å²) in [7, 11) is -3.87. The quantitative estimate of drug-likeness (QED) is 0.448. The van der Waals surface area contributed by atoms with E-state index in [1.54, 1.807) is 19.1 Å². The summed E-state index contributed by atoms with van der Waals surface area (Å²) in [5.41, 5.74) is 0.866. The summed E-state index contributed by atoms with van der Waals surface area (Å²) in [5, 5.41) is 2.82. The van der Waals surface area contributed by atoms with E-state index >= 15 is 0 Å². The lowest BCUT2D eigenvalue weighted by Crippen LogP contribution is -2.52. The van der Waals surface area contributed by atoms with Gasteiger partial charge in [-0.05, 0) is 49.6 Å². The van der Waals surface area contributed by atoms with Crippen LogP contribution in [0.25, 0.3) is 0 Å². The highest BCUT2D eigenvalue weighted by Crippen LogP contribution is 2.35. The van der Waals surface area contributed by atoms with Crippen LogP contribution >= 0.6 is 0 Å². The van der Waals surface area contributed by atoms with E-state index in [9.17, 15) is 22.4 Å². The first kappa shape index (κ1) is 28.2. The van der Waals surface area contributed by atoms with E-state index in [0.29, 0.717) is 43.2 Å². The third-order valence-corrected chi connectivity index (χ3v) is 7.74. The molecule has 0 saturated carbocycles. The number of hydrogen-bond donors (Lipinski definition) is 1. The molecule has 2 aromatic rings. The molecule has 0 aliphatic carbocycles. The molecule has 1 aliphatic heterocycles. The number of ether oxygens (including phenoxy) is 2. The highest BCUT2D eigenvalue weighted by atomic mass is 32.2. The predicted molar refractivity (Wildman–Crippen MR) is 139 cm³/mol. The normalized spacial score (nSPS) is 13.5. The number of carbonyl (C=O) groups is 2. The molecule has 3 rings (SSSR count). The second-order valence-corrected chi connectivity index (χ2v) is 10.8. The second kappa shape index (κ2) is 12.8. The van der Waals surface area contributed by atoms with Crippen LogP contribution in [0.5, 0.6) is 11.5 Å². The molecule has 11 heteroatoms. The Bertz CT molecular complexity index is 1190. The first-order valence-electron chi connectivity index (χ1n) is 12.4. The zero-order valence-corrected chi connectivity index (χ0v) is 22.2. The lowest BCUT2D eigenvalue weighted by Gasteiger charge is -2.33. The van der Waals surface area contributed by atoms with Crippen molar-refractivity contribution < 1.29 is 31.9 Å². The van der Waals surface area contributed by atoms with Gasteiger partial charge in [0.25, 0.3) is 0 Å². The summed E-state index contributed by atoms with van der Waals surface area (Å²) in [4.78, 5) is 28.1. The molecule has 1 heterocycles. The van der Waals surface area contributed by atoms with Gasteiger partial charge in [0.05, 0.1) is 11.4 Å². The number of carbonyl (C=O) groups excluding carboxylic acids is 2. The topological polar surface area (TPSA) is 105 Å². The molecule has 37 heavy (non-hydrogen) atoms. The molecule has 0 saturated heterocycles. The fourth-order valence-electron chi connectivity index (χ4n) is 3.98. The standard InChI is InChI=1S/C26H34FN3O6S/c1-4-13-28-26(32)22(5-2)29(17-19-7-9-20(27)10-8-19)25(31)18-30(37(33,34)6-3)21-11-12-23-24(16-21)36-15-14-35-23/h7-12,16,22H,4-6,13-15,17-18H2,1-3H3,(H,28,32)/t22-/m1/s1. The zero-order chi connectivity index (χ0) is 27.0. The summed E-state index contributed by atoms with van der Waals surface area (Å²) < 4.78 is 51.8. The molecule has 1 atom stereocenters. The monoisotopic (exact) mass is 535 g/mol. The number of sulfonamides is 1. The molecule has 0 radical (unpaired) electrons. The lowest BCUT2D eigenvalue weighted by molar-refractivity contribution is -0.140. The lowest BCUT2D eigenvalue weighted by atomic mass is 10.1. The maximum absolute atomic E-state index is 13.7. The Labute approximate surface area is 217 Å². The smallest absolute Gasteiger partial charge is 0.244 e. The highest BCUT2D eigenvalue weighted by Gasteiger charge is 2.32. The molecule has 1 N–H and O–H groups in total. The average Bonchev–Trinajstić information content (AvgIpc) is 2.90. The van der Waals surface area contributed by atoms with Crippen molar-refractivity contribution in [2.24, 2.45) is 0 Å². The van der Waals surface area contributed by atoms with Crippen molar-refractivity contribution in [1.29, 1.82) is 0 Å². The molecule has 0 spiro atoms. The van der Waals surface area contributed by atoms with Crippen LogP contribution in [0.4, 0.5) is 10.1 Å². The molecular formula is C26H34FN3O6S. The van der Waals surface area contributed by atoms with Crippen LogP contribution in [-0.4, -0.2) is 63.2 Å². The summed E-state index contributed by atoms with van der Waals surface area (Å²) in [5.74, 6) is -0.666. The average molecular weight is 536 g/mol. The van der Waals surface area contributed by atoms with Gasteiger partial charge >= 0.3 is 0 Å². The fraction of sp³-hybridized carbons (Fsp3) is 0.462. The van der Waals surface area contributed by atoms with Crippen molar-refractivity contribution in [3.63, 3.8) is 0 Å². The van der Waals surface area contributed by atoms with E-state index in [1.807, 2.05) is 6.92 Å². The predicted octanol–water partition coefficient (Wildman–Crippen LogP) is 3.09. The van der Waals surface area contributed by atoms with Crippen LogP contribution in [0, 0.1) is 5.82 Å². The second-order valence-electron chi connectivity index (χ2n) is 8.60. The van der Waals surface area contributed by atoms with E-state index in [-0.39, 0.29) is 23.9 Å². The van der Waals surface area contributed by atoms with E-state index in [1.165, 1.54) is 42.2 Å². The van der Waals surface area contributed by atoms with Crippen molar-refractivity contribution >= 4 is 27.5 Å². The Morgan fingerprint density at radius 1 is 1.03 bits per heavy atom. The van der Waals surface area contributed by atoms with Crippen LogP contribution in [-0.2, 0) is 26.2 Å². The van der Waals surface area contributed by atoms with Gasteiger partial charge in [-0.15, -0.1) is 0 Å². The maximum atomic E-state index is 13.7. The van der Waals surface area contributed by atoms with Crippen molar-refractivity contribution in [3.8, 4) is 11.5 Å². The Morgan fingerprint density at radius 3 is 2.32 bits per heavy atom. The largest absolute Gasteiger partial charge is 0.486 e. The molecule has 1 aliphatic rings. The molecule has 0 aromatic heterocycles. The molecule has 9 nitrogen and oxygen atoms in total. The Balaban J connectivity index is 1.96. The van der Waals surface area contributed by atoms with E-state index in [4.69, 9.17) is 9.47 Å². The first-order chi connectivity index (χ1) is 17.7. The van der Waals surface area contributed by atoms with Gasteiger partial charge in [-0.25, -0.2) is 12.8 Å². The van der Waals surface area contributed by atoms with Crippen LogP contribution in [0.15, 0.2) is 42.5 Å². The Morgan fingerprint density at radius 2 is 1.70 bits per heavy atom. The number of anilines is 1. The number of amides is 2. The molecule has 202 valence electrons. The van der Waals surface area contributed by atoms with Gasteiger partial charge in [-0.2, -0.15) is 0 Å². The van der Waals surface area contributed by atoms with Crippen LogP contribution in [0.3, 0.4) is 0 Å². The summed E-state index contributed by atoms with van der Waals surface area (Å²) in [6.45, 7) is 5.85.